The molecule has 1 heterocycles. The monoisotopic (exact) mass is 266 g/mol. The predicted octanol–water partition coefficient (Wildman–Crippen LogP) is 1.58. The van der Waals surface area contributed by atoms with Crippen molar-refractivity contribution in [3.05, 3.63) is 5.01 Å². The van der Waals surface area contributed by atoms with Crippen LogP contribution in [0, 0.1) is 0 Å². The average molecular weight is 268 g/mol. The molecule has 0 spiro atoms. The molecule has 4 nitrogen and oxygen atoms in total. The molecule has 0 aliphatic rings. The Morgan fingerprint density at radius 2 is 1.62 bits per heavy atom. The van der Waals surface area contributed by atoms with Crippen molar-refractivity contribution in [2.24, 2.45) is 5.73 Å². The molecular formula is C5H13Cl3N4S. The molecule has 4 N–H and O–H groups in total. The number of rotatable bonds is 1. The molecule has 1 aromatic heterocycles. The number of aromatic nitrogens is 2. The molecule has 0 fully saturated rings. The van der Waals surface area contributed by atoms with Crippen LogP contribution in [0.25, 0.3) is 0 Å². The van der Waals surface area contributed by atoms with E-state index in [2.05, 4.69) is 10.2 Å². The van der Waals surface area contributed by atoms with Crippen LogP contribution < -0.4 is 11.5 Å². The molecule has 0 aromatic carbocycles. The van der Waals surface area contributed by atoms with E-state index < -0.39 is 5.54 Å². The molecule has 8 heteroatoms. The van der Waals surface area contributed by atoms with Gasteiger partial charge in [0, 0.05) is 0 Å². The zero-order chi connectivity index (χ0) is 7.78. The minimum atomic E-state index is -0.421. The lowest BCUT2D eigenvalue weighted by atomic mass is 10.1. The van der Waals surface area contributed by atoms with Crippen LogP contribution in [0.1, 0.15) is 18.9 Å². The van der Waals surface area contributed by atoms with E-state index in [0.717, 1.165) is 5.01 Å². The number of hydrogen-bond donors (Lipinski definition) is 2. The van der Waals surface area contributed by atoms with Gasteiger partial charge >= 0.3 is 0 Å². The Balaban J connectivity index is -0.000000333. The normalized spacial score (nSPS) is 9.15. The first kappa shape index (κ1) is 18.9. The summed E-state index contributed by atoms with van der Waals surface area (Å²) in [4.78, 5) is 0. The molecule has 1 rings (SSSR count). The van der Waals surface area contributed by atoms with Crippen molar-refractivity contribution in [3.8, 4) is 0 Å². The summed E-state index contributed by atoms with van der Waals surface area (Å²) in [6.45, 7) is 3.74. The van der Waals surface area contributed by atoms with E-state index in [1.165, 1.54) is 11.3 Å². The summed E-state index contributed by atoms with van der Waals surface area (Å²) in [6.07, 6.45) is 0. The van der Waals surface area contributed by atoms with Gasteiger partial charge in [-0.25, -0.2) is 0 Å². The van der Waals surface area contributed by atoms with Crippen LogP contribution in [0.4, 0.5) is 5.13 Å². The zero-order valence-corrected chi connectivity index (χ0v) is 10.4. The lowest BCUT2D eigenvalue weighted by Crippen LogP contribution is -2.28. The molecule has 1 aromatic rings. The summed E-state index contributed by atoms with van der Waals surface area (Å²) in [5, 5.41) is 8.69. The number of anilines is 1. The number of halogens is 3. The van der Waals surface area contributed by atoms with Gasteiger partial charge in [-0.05, 0) is 13.8 Å². The summed E-state index contributed by atoms with van der Waals surface area (Å²) in [5.74, 6) is 0. The third kappa shape index (κ3) is 5.49. The Morgan fingerprint density at radius 3 is 1.77 bits per heavy atom. The molecule has 0 saturated heterocycles. The van der Waals surface area contributed by atoms with Crippen LogP contribution in [-0.4, -0.2) is 10.2 Å². The molecule has 13 heavy (non-hydrogen) atoms. The molecule has 0 aliphatic heterocycles. The fraction of sp³-hybridized carbons (Fsp3) is 0.600. The Hall–Kier alpha value is 0.190. The van der Waals surface area contributed by atoms with Gasteiger partial charge in [0.15, 0.2) is 0 Å². The fourth-order valence-electron chi connectivity index (χ4n) is 0.495. The van der Waals surface area contributed by atoms with E-state index in [9.17, 15) is 0 Å². The highest BCUT2D eigenvalue weighted by atomic mass is 35.5. The second-order valence-electron chi connectivity index (χ2n) is 2.67. The first-order chi connectivity index (χ1) is 4.50. The lowest BCUT2D eigenvalue weighted by molar-refractivity contribution is 0.544. The van der Waals surface area contributed by atoms with Gasteiger partial charge in [0.1, 0.15) is 5.01 Å². The van der Waals surface area contributed by atoms with E-state index in [4.69, 9.17) is 11.5 Å². The third-order valence-corrected chi connectivity index (χ3v) is 2.08. The maximum atomic E-state index is 5.72. The van der Waals surface area contributed by atoms with Crippen molar-refractivity contribution in [1.82, 2.24) is 10.2 Å². The van der Waals surface area contributed by atoms with E-state index >= 15 is 0 Å². The maximum absolute atomic E-state index is 5.72. The van der Waals surface area contributed by atoms with Crippen LogP contribution in [0.5, 0.6) is 0 Å². The van der Waals surface area contributed by atoms with Crippen molar-refractivity contribution in [2.45, 2.75) is 19.4 Å². The molecule has 0 bridgehead atoms. The van der Waals surface area contributed by atoms with Crippen molar-refractivity contribution in [3.63, 3.8) is 0 Å². The van der Waals surface area contributed by atoms with Crippen molar-refractivity contribution >= 4 is 53.7 Å². The average Bonchev–Trinajstić information content (AvgIpc) is 2.11. The largest absolute Gasteiger partial charge is 0.374 e. The molecule has 0 aliphatic carbocycles. The smallest absolute Gasteiger partial charge is 0.203 e. The summed E-state index contributed by atoms with van der Waals surface area (Å²) in [7, 11) is 0. The molecule has 80 valence electrons. The first-order valence-corrected chi connectivity index (χ1v) is 3.70. The summed E-state index contributed by atoms with van der Waals surface area (Å²) in [5.41, 5.74) is 10.7. The first-order valence-electron chi connectivity index (χ1n) is 2.88. The molecule has 0 saturated carbocycles. The summed E-state index contributed by atoms with van der Waals surface area (Å²) in [6, 6.07) is 0. The van der Waals surface area contributed by atoms with Crippen LogP contribution in [-0.2, 0) is 5.54 Å². The van der Waals surface area contributed by atoms with E-state index in [0.29, 0.717) is 5.13 Å². The number of hydrogen-bond acceptors (Lipinski definition) is 5. The van der Waals surface area contributed by atoms with Crippen molar-refractivity contribution in [2.75, 3.05) is 5.73 Å². The predicted molar refractivity (Wildman–Crippen MR) is 63.3 cm³/mol. The van der Waals surface area contributed by atoms with Gasteiger partial charge in [0.25, 0.3) is 0 Å². The summed E-state index contributed by atoms with van der Waals surface area (Å²) >= 11 is 1.33. The second-order valence-corrected chi connectivity index (χ2v) is 3.68. The lowest BCUT2D eigenvalue weighted by Gasteiger charge is -2.12. The molecule has 0 radical (unpaired) electrons. The molecule has 0 atom stereocenters. The van der Waals surface area contributed by atoms with Gasteiger partial charge in [-0.3, -0.25) is 0 Å². The Labute approximate surface area is 99.7 Å². The highest BCUT2D eigenvalue weighted by Gasteiger charge is 2.18. The fourth-order valence-corrected chi connectivity index (χ4v) is 1.12. The van der Waals surface area contributed by atoms with Gasteiger partial charge in [0.05, 0.1) is 5.54 Å². The highest BCUT2D eigenvalue weighted by molar-refractivity contribution is 7.15. The van der Waals surface area contributed by atoms with Crippen LogP contribution >= 0.6 is 48.6 Å². The van der Waals surface area contributed by atoms with Gasteiger partial charge in [-0.1, -0.05) is 11.3 Å². The topological polar surface area (TPSA) is 77.8 Å². The number of nitrogen functional groups attached to an aromatic ring is 1. The van der Waals surface area contributed by atoms with E-state index in [1.807, 2.05) is 13.8 Å². The van der Waals surface area contributed by atoms with Gasteiger partial charge in [0.2, 0.25) is 5.13 Å². The highest BCUT2D eigenvalue weighted by Crippen LogP contribution is 2.21. The minimum absolute atomic E-state index is 0. The Bertz CT molecular complexity index is 234. The maximum Gasteiger partial charge on any atom is 0.203 e. The minimum Gasteiger partial charge on any atom is -0.374 e. The SMILES string of the molecule is CC(C)(N)c1nnc(N)s1.Cl.Cl.Cl. The standard InChI is InChI=1S/C5H10N4S.3ClH/c1-5(2,7)3-8-9-4(6)10-3;;;/h7H2,1-2H3,(H2,6,9);3*1H. The van der Waals surface area contributed by atoms with Crippen LogP contribution in [0.2, 0.25) is 0 Å². The Kier molecular flexibility index (Phi) is 9.61. The number of nitrogens with two attached hydrogens (primary N) is 2. The van der Waals surface area contributed by atoms with Gasteiger partial charge < -0.3 is 11.5 Å². The Morgan fingerprint density at radius 1 is 1.15 bits per heavy atom. The van der Waals surface area contributed by atoms with Gasteiger partial charge in [-0.15, -0.1) is 47.4 Å². The molecular weight excluding hydrogens is 255 g/mol. The van der Waals surface area contributed by atoms with E-state index in [-0.39, 0.29) is 37.2 Å². The van der Waals surface area contributed by atoms with Crippen LogP contribution in [0.15, 0.2) is 0 Å². The van der Waals surface area contributed by atoms with Gasteiger partial charge in [-0.2, -0.15) is 0 Å². The van der Waals surface area contributed by atoms with Crippen molar-refractivity contribution < 1.29 is 0 Å². The zero-order valence-electron chi connectivity index (χ0n) is 7.18. The number of nitrogens with zero attached hydrogens (tertiary/aromatic N) is 2. The molecule has 0 unspecified atom stereocenters. The van der Waals surface area contributed by atoms with Crippen molar-refractivity contribution in [1.29, 1.82) is 0 Å². The second kappa shape index (κ2) is 6.62. The van der Waals surface area contributed by atoms with E-state index in [1.54, 1.807) is 0 Å². The van der Waals surface area contributed by atoms with Crippen LogP contribution in [0.3, 0.4) is 0 Å². The summed E-state index contributed by atoms with van der Waals surface area (Å²) < 4.78 is 0. The quantitative estimate of drug-likeness (QED) is 0.810. The third-order valence-electron chi connectivity index (χ3n) is 0.992. The molecule has 0 amide bonds.